The summed E-state index contributed by atoms with van der Waals surface area (Å²) in [5.41, 5.74) is 1.32. The third kappa shape index (κ3) is 2.63. The van der Waals surface area contributed by atoms with E-state index in [1.165, 1.54) is 31.2 Å². The van der Waals surface area contributed by atoms with Crippen molar-refractivity contribution in [2.75, 3.05) is 13.2 Å². The third-order valence-corrected chi connectivity index (χ3v) is 7.02. The highest BCUT2D eigenvalue weighted by molar-refractivity contribution is 9.11. The monoisotopic (exact) mass is 414 g/mol. The molecule has 21 heavy (non-hydrogen) atoms. The van der Waals surface area contributed by atoms with Crippen molar-refractivity contribution in [3.63, 3.8) is 0 Å². The van der Waals surface area contributed by atoms with Crippen molar-refractivity contribution in [3.05, 3.63) is 22.2 Å². The van der Waals surface area contributed by atoms with Crippen molar-refractivity contribution < 1.29 is 9.47 Å². The van der Waals surface area contributed by atoms with Crippen LogP contribution in [0.25, 0.3) is 0 Å². The highest BCUT2D eigenvalue weighted by atomic mass is 79.9. The number of halogens is 2. The van der Waals surface area contributed by atoms with Crippen LogP contribution in [0.4, 0.5) is 0 Å². The molecule has 0 radical (unpaired) electrons. The minimum Gasteiger partial charge on any atom is -0.490 e. The van der Waals surface area contributed by atoms with Gasteiger partial charge in [-0.1, -0.05) is 44.7 Å². The molecule has 3 aliphatic rings. The molecule has 3 atom stereocenters. The molecule has 3 unspecified atom stereocenters. The minimum absolute atomic E-state index is 0.428. The summed E-state index contributed by atoms with van der Waals surface area (Å²) in [7, 11) is 0. The number of hydrogen-bond donors (Lipinski definition) is 0. The Morgan fingerprint density at radius 2 is 1.57 bits per heavy atom. The molecule has 4 rings (SSSR count). The lowest BCUT2D eigenvalue weighted by molar-refractivity contribution is 0.297. The van der Waals surface area contributed by atoms with Crippen LogP contribution in [-0.4, -0.2) is 13.2 Å². The second-order valence-electron chi connectivity index (χ2n) is 6.46. The molecular formula is C17H20Br2O2. The first-order valence-corrected chi connectivity index (χ1v) is 9.69. The number of ether oxygens (including phenoxy) is 2. The molecule has 114 valence electrons. The molecule has 0 amide bonds. The van der Waals surface area contributed by atoms with E-state index in [2.05, 4.69) is 44.0 Å². The van der Waals surface area contributed by atoms with E-state index in [-0.39, 0.29) is 0 Å². The third-order valence-electron chi connectivity index (χ3n) is 5.22. The maximum atomic E-state index is 5.85. The summed E-state index contributed by atoms with van der Waals surface area (Å²) >= 11 is 7.71. The maximum absolute atomic E-state index is 5.85. The van der Waals surface area contributed by atoms with Gasteiger partial charge in [-0.3, -0.25) is 0 Å². The Balaban J connectivity index is 1.61. The van der Waals surface area contributed by atoms with Gasteiger partial charge in [-0.05, 0) is 48.3 Å². The molecule has 1 aliphatic heterocycles. The van der Waals surface area contributed by atoms with Crippen LogP contribution in [0.15, 0.2) is 16.6 Å². The number of fused-ring (bicyclic) bond motifs is 2. The molecule has 2 fully saturated rings. The molecule has 1 aromatic rings. The Hall–Kier alpha value is -0.220. The smallest absolute Gasteiger partial charge is 0.162 e. The van der Waals surface area contributed by atoms with Gasteiger partial charge in [-0.25, -0.2) is 0 Å². The zero-order chi connectivity index (χ0) is 14.4. The number of hydrogen-bond acceptors (Lipinski definition) is 2. The normalized spacial score (nSPS) is 32.0. The summed E-state index contributed by atoms with van der Waals surface area (Å²) in [4.78, 5) is 0.428. The Labute approximate surface area is 142 Å². The lowest BCUT2D eigenvalue weighted by Gasteiger charge is -2.16. The second kappa shape index (κ2) is 5.77. The van der Waals surface area contributed by atoms with Crippen LogP contribution < -0.4 is 9.47 Å². The second-order valence-corrected chi connectivity index (χ2v) is 8.30. The Morgan fingerprint density at radius 1 is 0.952 bits per heavy atom. The van der Waals surface area contributed by atoms with Gasteiger partial charge in [0.15, 0.2) is 11.5 Å². The summed E-state index contributed by atoms with van der Waals surface area (Å²) in [5.74, 6) is 4.44. The Morgan fingerprint density at radius 3 is 2.24 bits per heavy atom. The quantitative estimate of drug-likeness (QED) is 0.595. The van der Waals surface area contributed by atoms with Gasteiger partial charge in [0.05, 0.1) is 13.2 Å². The summed E-state index contributed by atoms with van der Waals surface area (Å²) < 4.78 is 12.7. The number of alkyl halides is 1. The molecular weight excluding hydrogens is 396 g/mol. The van der Waals surface area contributed by atoms with Gasteiger partial charge in [0.25, 0.3) is 0 Å². The molecule has 0 N–H and O–H groups in total. The van der Waals surface area contributed by atoms with Crippen molar-refractivity contribution in [1.82, 2.24) is 0 Å². The van der Waals surface area contributed by atoms with E-state index in [0.717, 1.165) is 53.4 Å². The van der Waals surface area contributed by atoms with E-state index in [4.69, 9.17) is 9.47 Å². The van der Waals surface area contributed by atoms with E-state index < -0.39 is 0 Å². The van der Waals surface area contributed by atoms with Crippen molar-refractivity contribution >= 4 is 31.9 Å². The van der Waals surface area contributed by atoms with Gasteiger partial charge >= 0.3 is 0 Å². The van der Waals surface area contributed by atoms with Gasteiger partial charge in [-0.2, -0.15) is 0 Å². The molecule has 0 bridgehead atoms. The van der Waals surface area contributed by atoms with Crippen molar-refractivity contribution in [2.45, 2.75) is 36.9 Å². The molecule has 2 aliphatic carbocycles. The number of rotatable bonds is 2. The fourth-order valence-corrected chi connectivity index (χ4v) is 6.14. The van der Waals surface area contributed by atoms with Gasteiger partial charge in [0, 0.05) is 15.7 Å². The van der Waals surface area contributed by atoms with E-state index in [9.17, 15) is 0 Å². The van der Waals surface area contributed by atoms with E-state index in [1.807, 2.05) is 0 Å². The average molecular weight is 416 g/mol. The van der Waals surface area contributed by atoms with Gasteiger partial charge < -0.3 is 9.47 Å². The summed E-state index contributed by atoms with van der Waals surface area (Å²) in [6.45, 7) is 1.49. The maximum Gasteiger partial charge on any atom is 0.162 e. The molecule has 1 heterocycles. The topological polar surface area (TPSA) is 18.5 Å². The molecule has 0 spiro atoms. The molecule has 0 saturated heterocycles. The van der Waals surface area contributed by atoms with Crippen molar-refractivity contribution in [3.8, 4) is 11.5 Å². The van der Waals surface area contributed by atoms with Crippen molar-refractivity contribution in [2.24, 2.45) is 17.8 Å². The largest absolute Gasteiger partial charge is 0.490 e. The summed E-state index contributed by atoms with van der Waals surface area (Å²) in [6, 6.07) is 4.25. The van der Waals surface area contributed by atoms with Crippen LogP contribution in [0.1, 0.15) is 42.5 Å². The van der Waals surface area contributed by atoms with Crippen LogP contribution in [0.5, 0.6) is 11.5 Å². The van der Waals surface area contributed by atoms with Crippen LogP contribution in [0.3, 0.4) is 0 Å². The first kappa shape index (κ1) is 14.4. The SMILES string of the molecule is Brc1cc2c(cc1C(Br)C1C3CCCCC31)OCCCO2. The number of benzene rings is 1. The fraction of sp³-hybridized carbons (Fsp3) is 0.647. The molecule has 4 heteroatoms. The molecule has 1 aromatic carbocycles. The van der Waals surface area contributed by atoms with Gasteiger partial charge in [-0.15, -0.1) is 0 Å². The predicted molar refractivity (Wildman–Crippen MR) is 90.4 cm³/mol. The van der Waals surface area contributed by atoms with Gasteiger partial charge in [0.1, 0.15) is 0 Å². The lowest BCUT2D eigenvalue weighted by Crippen LogP contribution is -1.99. The zero-order valence-electron chi connectivity index (χ0n) is 12.0. The van der Waals surface area contributed by atoms with Crippen LogP contribution in [0.2, 0.25) is 0 Å². The van der Waals surface area contributed by atoms with Gasteiger partial charge in [0.2, 0.25) is 0 Å². The van der Waals surface area contributed by atoms with Crippen LogP contribution in [-0.2, 0) is 0 Å². The van der Waals surface area contributed by atoms with E-state index in [1.54, 1.807) is 0 Å². The van der Waals surface area contributed by atoms with Crippen LogP contribution >= 0.6 is 31.9 Å². The van der Waals surface area contributed by atoms with E-state index in [0.29, 0.717) is 4.83 Å². The fourth-order valence-electron chi connectivity index (χ4n) is 4.10. The standard InChI is InChI=1S/C17H20Br2O2/c18-13-9-15-14(20-6-3-7-21-15)8-12(13)17(19)16-10-4-1-2-5-11(10)16/h8-11,16-17H,1-7H2. The highest BCUT2D eigenvalue weighted by Crippen LogP contribution is 2.63. The first-order valence-electron chi connectivity index (χ1n) is 7.99. The Bertz CT molecular complexity index is 534. The zero-order valence-corrected chi connectivity index (χ0v) is 15.2. The lowest BCUT2D eigenvalue weighted by atomic mass is 10.0. The summed E-state index contributed by atoms with van der Waals surface area (Å²) in [6.07, 6.45) is 6.62. The van der Waals surface area contributed by atoms with Crippen molar-refractivity contribution in [1.29, 1.82) is 0 Å². The summed E-state index contributed by atoms with van der Waals surface area (Å²) in [5, 5.41) is 0. The first-order chi connectivity index (χ1) is 10.3. The molecule has 2 saturated carbocycles. The molecule has 0 aromatic heterocycles. The average Bonchev–Trinajstić information content (AvgIpc) is 3.25. The Kier molecular flexibility index (Phi) is 3.95. The van der Waals surface area contributed by atoms with E-state index >= 15 is 0 Å². The predicted octanol–water partition coefficient (Wildman–Crippen LogP) is 5.48. The highest BCUT2D eigenvalue weighted by Gasteiger charge is 2.54. The minimum atomic E-state index is 0.428. The molecule has 2 nitrogen and oxygen atoms in total. The van der Waals surface area contributed by atoms with Crippen LogP contribution in [0, 0.1) is 17.8 Å².